The third-order valence-corrected chi connectivity index (χ3v) is 2.21. The number of halogens is 2. The highest BCUT2D eigenvalue weighted by Gasteiger charge is 2.16. The minimum Gasteiger partial charge on any atom is -0.258 e. The SMILES string of the molecule is O=[N+]([O-])c1cnc2nc(F)ccc2c1Cl. The molecule has 5 nitrogen and oxygen atoms in total. The molecule has 2 heterocycles. The summed E-state index contributed by atoms with van der Waals surface area (Å²) in [5, 5.41) is 10.7. The molecule has 0 saturated heterocycles. The molecule has 2 aromatic rings. The van der Waals surface area contributed by atoms with Crippen LogP contribution in [-0.2, 0) is 0 Å². The normalized spacial score (nSPS) is 10.5. The number of nitrogens with zero attached hydrogens (tertiary/aromatic N) is 3. The van der Waals surface area contributed by atoms with E-state index in [4.69, 9.17) is 11.6 Å². The molecule has 0 unspecified atom stereocenters. The Morgan fingerprint density at radius 2 is 2.20 bits per heavy atom. The minimum atomic E-state index is -0.708. The summed E-state index contributed by atoms with van der Waals surface area (Å²) in [6, 6.07) is 2.37. The predicted octanol–water partition coefficient (Wildman–Crippen LogP) is 2.33. The van der Waals surface area contributed by atoms with Crippen molar-refractivity contribution < 1.29 is 9.31 Å². The Hall–Kier alpha value is -1.82. The summed E-state index contributed by atoms with van der Waals surface area (Å²) in [5.41, 5.74) is -0.275. The van der Waals surface area contributed by atoms with Crippen LogP contribution in [0, 0.1) is 16.1 Å². The Labute approximate surface area is 87.7 Å². The molecule has 15 heavy (non-hydrogen) atoms. The van der Waals surface area contributed by atoms with Crippen molar-refractivity contribution >= 4 is 28.3 Å². The second kappa shape index (κ2) is 3.39. The van der Waals surface area contributed by atoms with E-state index in [1.807, 2.05) is 0 Å². The van der Waals surface area contributed by atoms with Crippen molar-refractivity contribution in [2.45, 2.75) is 0 Å². The van der Waals surface area contributed by atoms with Crippen LogP contribution in [0.5, 0.6) is 0 Å². The molecule has 0 aliphatic heterocycles. The van der Waals surface area contributed by atoms with E-state index in [0.717, 1.165) is 12.3 Å². The van der Waals surface area contributed by atoms with Crippen molar-refractivity contribution in [3.05, 3.63) is 39.4 Å². The van der Waals surface area contributed by atoms with Gasteiger partial charge in [0, 0.05) is 5.39 Å². The van der Waals surface area contributed by atoms with E-state index in [2.05, 4.69) is 9.97 Å². The highest BCUT2D eigenvalue weighted by atomic mass is 35.5. The fourth-order valence-corrected chi connectivity index (χ4v) is 1.40. The van der Waals surface area contributed by atoms with Crippen molar-refractivity contribution in [2.75, 3.05) is 0 Å². The van der Waals surface area contributed by atoms with E-state index >= 15 is 0 Å². The monoisotopic (exact) mass is 227 g/mol. The first-order valence-electron chi connectivity index (χ1n) is 3.85. The molecular formula is C8H3ClFN3O2. The molecule has 0 fully saturated rings. The highest BCUT2D eigenvalue weighted by Crippen LogP contribution is 2.29. The van der Waals surface area contributed by atoms with E-state index < -0.39 is 10.9 Å². The summed E-state index contributed by atoms with van der Waals surface area (Å²) in [4.78, 5) is 17.0. The summed E-state index contributed by atoms with van der Waals surface area (Å²) in [6.07, 6.45) is 0.955. The van der Waals surface area contributed by atoms with E-state index in [9.17, 15) is 14.5 Å². The van der Waals surface area contributed by atoms with Crippen molar-refractivity contribution in [1.82, 2.24) is 9.97 Å². The maximum atomic E-state index is 12.7. The van der Waals surface area contributed by atoms with Crippen LogP contribution in [0.3, 0.4) is 0 Å². The van der Waals surface area contributed by atoms with Gasteiger partial charge in [-0.3, -0.25) is 10.1 Å². The van der Waals surface area contributed by atoms with Crippen LogP contribution >= 0.6 is 11.6 Å². The van der Waals surface area contributed by atoms with Crippen LogP contribution in [0.15, 0.2) is 18.3 Å². The van der Waals surface area contributed by atoms with Gasteiger partial charge in [0.05, 0.1) is 4.92 Å². The van der Waals surface area contributed by atoms with E-state index in [-0.39, 0.29) is 21.7 Å². The lowest BCUT2D eigenvalue weighted by Gasteiger charge is -1.99. The van der Waals surface area contributed by atoms with E-state index in [1.165, 1.54) is 6.07 Å². The average molecular weight is 228 g/mol. The summed E-state index contributed by atoms with van der Waals surface area (Å²) in [7, 11) is 0. The highest BCUT2D eigenvalue weighted by molar-refractivity contribution is 6.37. The molecule has 0 amide bonds. The van der Waals surface area contributed by atoms with Gasteiger partial charge < -0.3 is 0 Å². The average Bonchev–Trinajstić information content (AvgIpc) is 2.17. The topological polar surface area (TPSA) is 68.9 Å². The van der Waals surface area contributed by atoms with Gasteiger partial charge in [-0.2, -0.15) is 9.37 Å². The molecule has 76 valence electrons. The summed E-state index contributed by atoms with van der Waals surface area (Å²) in [5.74, 6) is -0.708. The molecule has 0 atom stereocenters. The Kier molecular flexibility index (Phi) is 2.20. The lowest BCUT2D eigenvalue weighted by molar-refractivity contribution is -0.384. The van der Waals surface area contributed by atoms with Gasteiger partial charge in [-0.1, -0.05) is 11.6 Å². The predicted molar refractivity (Wildman–Crippen MR) is 51.2 cm³/mol. The van der Waals surface area contributed by atoms with E-state index in [1.54, 1.807) is 0 Å². The number of hydrogen-bond donors (Lipinski definition) is 0. The molecule has 0 radical (unpaired) electrons. The number of fused-ring (bicyclic) bond motifs is 1. The molecule has 0 aromatic carbocycles. The first-order valence-corrected chi connectivity index (χ1v) is 4.22. The van der Waals surface area contributed by atoms with E-state index in [0.29, 0.717) is 0 Å². The molecule has 2 rings (SSSR count). The molecule has 0 spiro atoms. The Bertz CT molecular complexity index is 561. The fraction of sp³-hybridized carbons (Fsp3) is 0. The van der Waals surface area contributed by atoms with Crippen LogP contribution < -0.4 is 0 Å². The Morgan fingerprint density at radius 1 is 1.47 bits per heavy atom. The zero-order valence-corrected chi connectivity index (χ0v) is 7.90. The van der Waals surface area contributed by atoms with Crippen LogP contribution in [0.1, 0.15) is 0 Å². The lowest BCUT2D eigenvalue weighted by Crippen LogP contribution is -1.94. The van der Waals surface area contributed by atoms with Gasteiger partial charge in [-0.05, 0) is 12.1 Å². The van der Waals surface area contributed by atoms with Crippen LogP contribution in [0.2, 0.25) is 5.02 Å². The number of nitro groups is 1. The number of rotatable bonds is 1. The van der Waals surface area contributed by atoms with Crippen LogP contribution in [-0.4, -0.2) is 14.9 Å². The molecule has 7 heteroatoms. The third kappa shape index (κ3) is 1.59. The van der Waals surface area contributed by atoms with Gasteiger partial charge in [0.15, 0.2) is 5.65 Å². The Balaban J connectivity index is 2.80. The third-order valence-electron chi connectivity index (χ3n) is 1.81. The summed E-state index contributed by atoms with van der Waals surface area (Å²) < 4.78 is 12.7. The van der Waals surface area contributed by atoms with Gasteiger partial charge in [0.1, 0.15) is 11.2 Å². The summed E-state index contributed by atoms with van der Waals surface area (Å²) >= 11 is 5.74. The molecule has 0 N–H and O–H groups in total. The molecule has 0 aliphatic rings. The second-order valence-electron chi connectivity index (χ2n) is 2.72. The van der Waals surface area contributed by atoms with Crippen molar-refractivity contribution in [3.63, 3.8) is 0 Å². The largest absolute Gasteiger partial charge is 0.306 e. The van der Waals surface area contributed by atoms with Gasteiger partial charge in [-0.15, -0.1) is 0 Å². The lowest BCUT2D eigenvalue weighted by atomic mass is 10.3. The quantitative estimate of drug-likeness (QED) is 0.426. The molecule has 2 aromatic heterocycles. The smallest absolute Gasteiger partial charge is 0.258 e. The number of hydrogen-bond acceptors (Lipinski definition) is 4. The van der Waals surface area contributed by atoms with Crippen molar-refractivity contribution in [3.8, 4) is 0 Å². The first-order chi connectivity index (χ1) is 7.09. The van der Waals surface area contributed by atoms with Crippen molar-refractivity contribution in [1.29, 1.82) is 0 Å². The number of pyridine rings is 2. The molecule has 0 bridgehead atoms. The molecule has 0 aliphatic carbocycles. The van der Waals surface area contributed by atoms with Gasteiger partial charge in [0.2, 0.25) is 5.95 Å². The zero-order valence-electron chi connectivity index (χ0n) is 7.15. The second-order valence-corrected chi connectivity index (χ2v) is 3.10. The van der Waals surface area contributed by atoms with Gasteiger partial charge in [-0.25, -0.2) is 4.98 Å². The van der Waals surface area contributed by atoms with Crippen molar-refractivity contribution in [2.24, 2.45) is 0 Å². The first kappa shape index (κ1) is 9.72. The fourth-order valence-electron chi connectivity index (χ4n) is 1.14. The van der Waals surface area contributed by atoms with Gasteiger partial charge in [0.25, 0.3) is 0 Å². The molecular weight excluding hydrogens is 225 g/mol. The van der Waals surface area contributed by atoms with Gasteiger partial charge >= 0.3 is 5.69 Å². The van der Waals surface area contributed by atoms with Crippen LogP contribution in [0.4, 0.5) is 10.1 Å². The minimum absolute atomic E-state index is 0.0469. The molecule has 0 saturated carbocycles. The maximum Gasteiger partial charge on any atom is 0.306 e. The van der Waals surface area contributed by atoms with Crippen LogP contribution in [0.25, 0.3) is 11.0 Å². The maximum absolute atomic E-state index is 12.7. The summed E-state index contributed by atoms with van der Waals surface area (Å²) in [6.45, 7) is 0. The Morgan fingerprint density at radius 3 is 2.87 bits per heavy atom. The number of aromatic nitrogens is 2. The zero-order chi connectivity index (χ0) is 11.0. The standard InChI is InChI=1S/C8H3ClFN3O2/c9-7-4-1-2-6(10)12-8(4)11-3-5(7)13(14)15/h1-3H.